The summed E-state index contributed by atoms with van der Waals surface area (Å²) < 4.78 is 31.8. The Bertz CT molecular complexity index is 745. The molecule has 5 nitrogen and oxygen atoms in total. The number of nitrogens with one attached hydrogen (secondary N) is 1. The van der Waals surface area contributed by atoms with Crippen molar-refractivity contribution in [3.8, 4) is 0 Å². The molecule has 0 aliphatic rings. The standard InChI is InChI=1S/C11H8BrCl2NO4S/c12-11-10(4-7(5-16)19-11)20(17,18)15-6-1-2-8(13)9(14)3-6/h1-4,15-16H,5H2. The van der Waals surface area contributed by atoms with Gasteiger partial charge in [-0.05, 0) is 34.1 Å². The molecule has 0 spiro atoms. The quantitative estimate of drug-likeness (QED) is 0.820. The molecule has 0 fully saturated rings. The molecule has 1 heterocycles. The Hall–Kier alpha value is -0.730. The molecule has 0 aliphatic heterocycles. The molecular formula is C11H8BrCl2NO4S. The van der Waals surface area contributed by atoms with Crippen molar-refractivity contribution in [2.75, 3.05) is 4.72 Å². The summed E-state index contributed by atoms with van der Waals surface area (Å²) in [5.41, 5.74) is 0.262. The van der Waals surface area contributed by atoms with E-state index in [4.69, 9.17) is 32.7 Å². The second kappa shape index (κ2) is 5.95. The minimum absolute atomic E-state index is 0.00844. The summed E-state index contributed by atoms with van der Waals surface area (Å²) in [6.07, 6.45) is 0. The van der Waals surface area contributed by atoms with Crippen LogP contribution in [0.4, 0.5) is 5.69 Å². The molecule has 0 bridgehead atoms. The van der Waals surface area contributed by atoms with Crippen LogP contribution in [0.25, 0.3) is 0 Å². The third kappa shape index (κ3) is 3.29. The van der Waals surface area contributed by atoms with Crippen LogP contribution < -0.4 is 4.72 Å². The van der Waals surface area contributed by atoms with Gasteiger partial charge in [0.1, 0.15) is 17.3 Å². The molecule has 108 valence electrons. The number of aliphatic hydroxyl groups excluding tert-OH is 1. The first kappa shape index (κ1) is 15.7. The first-order chi connectivity index (χ1) is 9.33. The van der Waals surface area contributed by atoms with Gasteiger partial charge in [0.25, 0.3) is 10.0 Å². The predicted molar refractivity (Wildman–Crippen MR) is 79.6 cm³/mol. The Labute approximate surface area is 133 Å². The highest BCUT2D eigenvalue weighted by Crippen LogP contribution is 2.30. The first-order valence-electron chi connectivity index (χ1n) is 5.20. The average molecular weight is 401 g/mol. The topological polar surface area (TPSA) is 79.5 Å². The highest BCUT2D eigenvalue weighted by molar-refractivity contribution is 9.10. The third-order valence-corrected chi connectivity index (χ3v) is 5.30. The van der Waals surface area contributed by atoms with E-state index in [-0.39, 0.29) is 26.0 Å². The molecule has 2 aromatic rings. The molecule has 0 unspecified atom stereocenters. The molecule has 20 heavy (non-hydrogen) atoms. The van der Waals surface area contributed by atoms with E-state index in [1.165, 1.54) is 24.3 Å². The van der Waals surface area contributed by atoms with Crippen LogP contribution in [0.15, 0.2) is 38.2 Å². The molecule has 1 aromatic carbocycles. The van der Waals surface area contributed by atoms with Crippen molar-refractivity contribution in [1.29, 1.82) is 0 Å². The summed E-state index contributed by atoms with van der Waals surface area (Å²) in [7, 11) is -3.87. The first-order valence-corrected chi connectivity index (χ1v) is 8.23. The van der Waals surface area contributed by atoms with Gasteiger partial charge in [0.2, 0.25) is 0 Å². The summed E-state index contributed by atoms with van der Waals surface area (Å²) in [5.74, 6) is 0.131. The summed E-state index contributed by atoms with van der Waals surface area (Å²) in [4.78, 5) is -0.118. The zero-order valence-electron chi connectivity index (χ0n) is 9.73. The van der Waals surface area contributed by atoms with Crippen molar-refractivity contribution in [2.45, 2.75) is 11.5 Å². The molecule has 1 aromatic heterocycles. The van der Waals surface area contributed by atoms with Crippen molar-refractivity contribution < 1.29 is 17.9 Å². The number of sulfonamides is 1. The van der Waals surface area contributed by atoms with E-state index in [9.17, 15) is 8.42 Å². The number of aliphatic hydroxyl groups is 1. The monoisotopic (exact) mass is 399 g/mol. The Kier molecular flexibility index (Phi) is 4.66. The van der Waals surface area contributed by atoms with E-state index >= 15 is 0 Å². The number of furan rings is 1. The maximum Gasteiger partial charge on any atom is 0.266 e. The lowest BCUT2D eigenvalue weighted by molar-refractivity contribution is 0.245. The second-order valence-electron chi connectivity index (χ2n) is 3.74. The van der Waals surface area contributed by atoms with Crippen molar-refractivity contribution >= 4 is 54.8 Å². The van der Waals surface area contributed by atoms with Crippen LogP contribution in [0.5, 0.6) is 0 Å². The Morgan fingerprint density at radius 1 is 1.25 bits per heavy atom. The fraction of sp³-hybridized carbons (Fsp3) is 0.0909. The van der Waals surface area contributed by atoms with E-state index in [1.54, 1.807) is 0 Å². The van der Waals surface area contributed by atoms with Crippen molar-refractivity contribution in [3.63, 3.8) is 0 Å². The van der Waals surface area contributed by atoms with E-state index < -0.39 is 16.6 Å². The molecular weight excluding hydrogens is 393 g/mol. The number of halogens is 3. The van der Waals surface area contributed by atoms with Gasteiger partial charge >= 0.3 is 0 Å². The number of benzene rings is 1. The van der Waals surface area contributed by atoms with Gasteiger partial charge in [-0.15, -0.1) is 0 Å². The maximum absolute atomic E-state index is 12.2. The number of rotatable bonds is 4. The van der Waals surface area contributed by atoms with Crippen LogP contribution in [-0.4, -0.2) is 13.5 Å². The molecule has 0 radical (unpaired) electrons. The number of anilines is 1. The molecule has 2 N–H and O–H groups in total. The van der Waals surface area contributed by atoms with Gasteiger partial charge in [-0.1, -0.05) is 23.2 Å². The van der Waals surface area contributed by atoms with Gasteiger partial charge in [0.05, 0.1) is 15.7 Å². The lowest BCUT2D eigenvalue weighted by atomic mass is 10.3. The largest absolute Gasteiger partial charge is 0.450 e. The SMILES string of the molecule is O=S(=O)(Nc1ccc(Cl)c(Cl)c1)c1cc(CO)oc1Br. The van der Waals surface area contributed by atoms with Crippen LogP contribution in [0.2, 0.25) is 10.0 Å². The third-order valence-electron chi connectivity index (χ3n) is 2.32. The normalized spacial score (nSPS) is 11.6. The zero-order valence-corrected chi connectivity index (χ0v) is 13.6. The molecule has 0 saturated heterocycles. The van der Waals surface area contributed by atoms with Gasteiger partial charge in [-0.3, -0.25) is 4.72 Å². The molecule has 0 amide bonds. The molecule has 0 atom stereocenters. The number of hydrogen-bond donors (Lipinski definition) is 2. The van der Waals surface area contributed by atoms with Crippen molar-refractivity contribution in [3.05, 3.63) is 44.7 Å². The second-order valence-corrected chi connectivity index (χ2v) is 6.93. The summed E-state index contributed by atoms with van der Waals surface area (Å²) in [5, 5.41) is 9.49. The Balaban J connectivity index is 2.35. The number of hydrogen-bond acceptors (Lipinski definition) is 4. The molecule has 0 saturated carbocycles. The van der Waals surface area contributed by atoms with Crippen LogP contribution in [0.3, 0.4) is 0 Å². The van der Waals surface area contributed by atoms with Gasteiger partial charge in [0.15, 0.2) is 4.67 Å². The van der Waals surface area contributed by atoms with Crippen molar-refractivity contribution in [1.82, 2.24) is 0 Å². The maximum atomic E-state index is 12.2. The molecule has 9 heteroatoms. The minimum atomic E-state index is -3.87. The van der Waals surface area contributed by atoms with E-state index in [1.807, 2.05) is 0 Å². The Morgan fingerprint density at radius 2 is 1.95 bits per heavy atom. The fourth-order valence-corrected chi connectivity index (χ4v) is 3.78. The fourth-order valence-electron chi connectivity index (χ4n) is 1.43. The average Bonchev–Trinajstić information content (AvgIpc) is 2.76. The predicted octanol–water partition coefficient (Wildman–Crippen LogP) is 3.64. The zero-order chi connectivity index (χ0) is 14.9. The van der Waals surface area contributed by atoms with Crippen LogP contribution in [0, 0.1) is 0 Å². The van der Waals surface area contributed by atoms with Gasteiger partial charge in [-0.2, -0.15) is 0 Å². The lowest BCUT2D eigenvalue weighted by Crippen LogP contribution is -2.12. The highest BCUT2D eigenvalue weighted by Gasteiger charge is 2.22. The summed E-state index contributed by atoms with van der Waals surface area (Å²) in [6, 6.07) is 5.57. The summed E-state index contributed by atoms with van der Waals surface area (Å²) >= 11 is 14.6. The van der Waals surface area contributed by atoms with E-state index in [0.717, 1.165) is 0 Å². The van der Waals surface area contributed by atoms with Gasteiger partial charge in [-0.25, -0.2) is 8.42 Å². The van der Waals surface area contributed by atoms with Gasteiger partial charge < -0.3 is 9.52 Å². The van der Waals surface area contributed by atoms with Crippen LogP contribution >= 0.6 is 39.1 Å². The smallest absolute Gasteiger partial charge is 0.266 e. The van der Waals surface area contributed by atoms with Gasteiger partial charge in [0, 0.05) is 6.07 Å². The minimum Gasteiger partial charge on any atom is -0.450 e. The van der Waals surface area contributed by atoms with Crippen molar-refractivity contribution in [2.24, 2.45) is 0 Å². The summed E-state index contributed by atoms with van der Waals surface area (Å²) in [6.45, 7) is -0.402. The van der Waals surface area contributed by atoms with Crippen LogP contribution in [0.1, 0.15) is 5.76 Å². The van der Waals surface area contributed by atoms with E-state index in [0.29, 0.717) is 5.02 Å². The molecule has 0 aliphatic carbocycles. The lowest BCUT2D eigenvalue weighted by Gasteiger charge is -2.07. The highest BCUT2D eigenvalue weighted by atomic mass is 79.9. The Morgan fingerprint density at radius 3 is 2.50 bits per heavy atom. The van der Waals surface area contributed by atoms with E-state index in [2.05, 4.69) is 20.7 Å². The molecule has 2 rings (SSSR count). The van der Waals surface area contributed by atoms with Crippen LogP contribution in [-0.2, 0) is 16.6 Å².